The number of carboxylic acids is 1. The van der Waals surface area contributed by atoms with Crippen LogP contribution in [0.1, 0.15) is 31.7 Å². The molecule has 0 spiro atoms. The van der Waals surface area contributed by atoms with Crippen LogP contribution in [0.15, 0.2) is 24.3 Å². The van der Waals surface area contributed by atoms with Crippen LogP contribution in [-0.4, -0.2) is 36.2 Å². The predicted octanol–water partition coefficient (Wildman–Crippen LogP) is 2.77. The van der Waals surface area contributed by atoms with Gasteiger partial charge in [-0.3, -0.25) is 4.79 Å². The lowest BCUT2D eigenvalue weighted by Gasteiger charge is -2.18. The number of benzene rings is 1. The fourth-order valence-corrected chi connectivity index (χ4v) is 1.76. The van der Waals surface area contributed by atoms with Crippen molar-refractivity contribution in [2.45, 2.75) is 32.7 Å². The van der Waals surface area contributed by atoms with E-state index in [4.69, 9.17) is 9.84 Å². The first kappa shape index (κ1) is 15.5. The van der Waals surface area contributed by atoms with Crippen molar-refractivity contribution in [2.24, 2.45) is 0 Å². The molecule has 1 N–H and O–H groups in total. The molecule has 0 saturated heterocycles. The summed E-state index contributed by atoms with van der Waals surface area (Å²) in [7, 11) is 1.92. The Kier molecular flexibility index (Phi) is 6.97. The van der Waals surface area contributed by atoms with Gasteiger partial charge in [0.15, 0.2) is 0 Å². The average Bonchev–Trinajstić information content (AvgIpc) is 2.39. The van der Waals surface area contributed by atoms with E-state index in [1.54, 1.807) is 0 Å². The highest BCUT2D eigenvalue weighted by Crippen LogP contribution is 2.19. The van der Waals surface area contributed by atoms with E-state index in [1.807, 2.05) is 36.2 Å². The van der Waals surface area contributed by atoms with Gasteiger partial charge in [0.2, 0.25) is 0 Å². The Hall–Kier alpha value is -1.55. The normalized spacial score (nSPS) is 10.7. The van der Waals surface area contributed by atoms with Gasteiger partial charge in [-0.1, -0.05) is 31.5 Å². The molecule has 0 bridgehead atoms. The van der Waals surface area contributed by atoms with E-state index in [1.165, 1.54) is 0 Å². The second kappa shape index (κ2) is 8.53. The van der Waals surface area contributed by atoms with Crippen molar-refractivity contribution >= 4 is 5.97 Å². The summed E-state index contributed by atoms with van der Waals surface area (Å²) >= 11 is 0. The summed E-state index contributed by atoms with van der Waals surface area (Å²) in [6, 6.07) is 7.93. The van der Waals surface area contributed by atoms with E-state index >= 15 is 0 Å². The molecule has 0 unspecified atom stereocenters. The minimum atomic E-state index is -0.765. The van der Waals surface area contributed by atoms with Gasteiger partial charge in [0.05, 0.1) is 13.0 Å². The van der Waals surface area contributed by atoms with Crippen molar-refractivity contribution in [1.29, 1.82) is 0 Å². The van der Waals surface area contributed by atoms with E-state index in [-0.39, 0.29) is 6.42 Å². The Morgan fingerprint density at radius 1 is 1.37 bits per heavy atom. The SMILES string of the molecule is CCCCOc1ccccc1CN(C)CCC(=O)O. The molecule has 1 aromatic rings. The van der Waals surface area contributed by atoms with E-state index in [0.717, 1.165) is 30.8 Å². The van der Waals surface area contributed by atoms with Crippen LogP contribution in [0.2, 0.25) is 0 Å². The summed E-state index contributed by atoms with van der Waals surface area (Å²) in [5.74, 6) is 0.137. The van der Waals surface area contributed by atoms with E-state index in [2.05, 4.69) is 6.92 Å². The Morgan fingerprint density at radius 2 is 2.11 bits per heavy atom. The molecule has 0 amide bonds. The van der Waals surface area contributed by atoms with Crippen LogP contribution in [0, 0.1) is 0 Å². The molecule has 1 rings (SSSR count). The summed E-state index contributed by atoms with van der Waals surface area (Å²) in [5, 5.41) is 8.67. The molecule has 0 aliphatic heterocycles. The summed E-state index contributed by atoms with van der Waals surface area (Å²) in [5.41, 5.74) is 1.10. The third-order valence-corrected chi connectivity index (χ3v) is 2.88. The molecule has 0 atom stereocenters. The minimum Gasteiger partial charge on any atom is -0.493 e. The summed E-state index contributed by atoms with van der Waals surface area (Å²) in [4.78, 5) is 12.5. The number of unbranched alkanes of at least 4 members (excludes halogenated alkanes) is 1. The van der Waals surface area contributed by atoms with Gasteiger partial charge in [0.25, 0.3) is 0 Å². The van der Waals surface area contributed by atoms with Crippen LogP contribution in [0.25, 0.3) is 0 Å². The first-order valence-corrected chi connectivity index (χ1v) is 6.74. The highest BCUT2D eigenvalue weighted by Gasteiger charge is 2.07. The van der Waals surface area contributed by atoms with Gasteiger partial charge in [-0.05, 0) is 19.5 Å². The highest BCUT2D eigenvalue weighted by atomic mass is 16.5. The molecular formula is C15H23NO3. The molecule has 4 nitrogen and oxygen atoms in total. The third kappa shape index (κ3) is 6.25. The van der Waals surface area contributed by atoms with Crippen molar-refractivity contribution < 1.29 is 14.6 Å². The number of ether oxygens (including phenoxy) is 1. The molecule has 0 saturated carbocycles. The monoisotopic (exact) mass is 265 g/mol. The second-order valence-electron chi connectivity index (χ2n) is 4.69. The maximum Gasteiger partial charge on any atom is 0.304 e. The van der Waals surface area contributed by atoms with Gasteiger partial charge >= 0.3 is 5.97 Å². The number of hydrogen-bond donors (Lipinski definition) is 1. The summed E-state index contributed by atoms with van der Waals surface area (Å²) < 4.78 is 5.76. The van der Waals surface area contributed by atoms with Crippen LogP contribution in [0.5, 0.6) is 5.75 Å². The molecule has 0 heterocycles. The number of carboxylic acid groups (broad SMARTS) is 1. The molecule has 106 valence electrons. The number of para-hydroxylation sites is 1. The van der Waals surface area contributed by atoms with Crippen molar-refractivity contribution in [3.05, 3.63) is 29.8 Å². The van der Waals surface area contributed by atoms with Gasteiger partial charge in [0, 0.05) is 18.7 Å². The quantitative estimate of drug-likeness (QED) is 0.697. The van der Waals surface area contributed by atoms with Gasteiger partial charge in [-0.2, -0.15) is 0 Å². The Bertz CT molecular complexity index is 393. The number of hydrogen-bond acceptors (Lipinski definition) is 3. The van der Waals surface area contributed by atoms with Gasteiger partial charge < -0.3 is 14.7 Å². The molecule has 19 heavy (non-hydrogen) atoms. The maximum absolute atomic E-state index is 10.5. The largest absolute Gasteiger partial charge is 0.493 e. The molecule has 0 aromatic heterocycles. The van der Waals surface area contributed by atoms with Crippen LogP contribution >= 0.6 is 0 Å². The zero-order chi connectivity index (χ0) is 14.1. The standard InChI is InChI=1S/C15H23NO3/c1-3-4-11-19-14-8-6-5-7-13(14)12-16(2)10-9-15(17)18/h5-8H,3-4,9-12H2,1-2H3,(H,17,18). The second-order valence-corrected chi connectivity index (χ2v) is 4.69. The maximum atomic E-state index is 10.5. The lowest BCUT2D eigenvalue weighted by atomic mass is 10.2. The zero-order valence-electron chi connectivity index (χ0n) is 11.8. The molecular weight excluding hydrogens is 242 g/mol. The van der Waals surface area contributed by atoms with Crippen molar-refractivity contribution in [3.63, 3.8) is 0 Å². The fraction of sp³-hybridized carbons (Fsp3) is 0.533. The van der Waals surface area contributed by atoms with Gasteiger partial charge in [0.1, 0.15) is 5.75 Å². The van der Waals surface area contributed by atoms with Crippen LogP contribution in [0.3, 0.4) is 0 Å². The molecule has 4 heteroatoms. The Morgan fingerprint density at radius 3 is 2.79 bits per heavy atom. The smallest absolute Gasteiger partial charge is 0.304 e. The first-order chi connectivity index (χ1) is 9.13. The Labute approximate surface area is 115 Å². The predicted molar refractivity (Wildman–Crippen MR) is 75.4 cm³/mol. The minimum absolute atomic E-state index is 0.162. The highest BCUT2D eigenvalue weighted by molar-refractivity contribution is 5.66. The molecule has 0 aliphatic carbocycles. The van der Waals surface area contributed by atoms with Gasteiger partial charge in [-0.25, -0.2) is 0 Å². The van der Waals surface area contributed by atoms with Crippen molar-refractivity contribution in [2.75, 3.05) is 20.2 Å². The van der Waals surface area contributed by atoms with Crippen LogP contribution in [-0.2, 0) is 11.3 Å². The van der Waals surface area contributed by atoms with Gasteiger partial charge in [-0.15, -0.1) is 0 Å². The van der Waals surface area contributed by atoms with Crippen LogP contribution < -0.4 is 4.74 Å². The Balaban J connectivity index is 2.53. The van der Waals surface area contributed by atoms with E-state index in [0.29, 0.717) is 13.1 Å². The third-order valence-electron chi connectivity index (χ3n) is 2.88. The number of rotatable bonds is 9. The average molecular weight is 265 g/mol. The molecule has 1 aromatic carbocycles. The van der Waals surface area contributed by atoms with E-state index in [9.17, 15) is 4.79 Å². The van der Waals surface area contributed by atoms with Crippen molar-refractivity contribution in [1.82, 2.24) is 4.90 Å². The van der Waals surface area contributed by atoms with Crippen molar-refractivity contribution in [3.8, 4) is 5.75 Å². The lowest BCUT2D eigenvalue weighted by molar-refractivity contribution is -0.137. The summed E-state index contributed by atoms with van der Waals surface area (Å²) in [6.45, 7) is 4.11. The van der Waals surface area contributed by atoms with E-state index < -0.39 is 5.97 Å². The zero-order valence-corrected chi connectivity index (χ0v) is 11.8. The topological polar surface area (TPSA) is 49.8 Å². The number of nitrogens with zero attached hydrogens (tertiary/aromatic N) is 1. The fourth-order valence-electron chi connectivity index (χ4n) is 1.76. The van der Waals surface area contributed by atoms with Crippen LogP contribution in [0.4, 0.5) is 0 Å². The molecule has 0 fully saturated rings. The lowest BCUT2D eigenvalue weighted by Crippen LogP contribution is -2.21. The number of carbonyl (C=O) groups is 1. The summed E-state index contributed by atoms with van der Waals surface area (Å²) in [6.07, 6.45) is 2.32. The molecule has 0 aliphatic rings. The first-order valence-electron chi connectivity index (χ1n) is 6.74. The number of aliphatic carboxylic acids is 1. The molecule has 0 radical (unpaired) electrons.